The highest BCUT2D eigenvalue weighted by Crippen LogP contribution is 2.37. The Bertz CT molecular complexity index is 1110. The lowest BCUT2D eigenvalue weighted by Gasteiger charge is -2.32. The number of rotatable bonds is 4. The maximum atomic E-state index is 13.1. The molecule has 0 N–H and O–H groups in total. The number of hydrogen-bond donors (Lipinski definition) is 0. The summed E-state index contributed by atoms with van der Waals surface area (Å²) in [5, 5.41) is 0.595. The van der Waals surface area contributed by atoms with Gasteiger partial charge in [0.1, 0.15) is 6.33 Å². The van der Waals surface area contributed by atoms with Crippen LogP contribution in [0.4, 0.5) is 0 Å². The van der Waals surface area contributed by atoms with E-state index in [0.717, 1.165) is 0 Å². The molecule has 1 aromatic carbocycles. The van der Waals surface area contributed by atoms with Crippen LogP contribution >= 0.6 is 0 Å². The van der Waals surface area contributed by atoms with E-state index in [9.17, 15) is 8.42 Å². The van der Waals surface area contributed by atoms with Gasteiger partial charge in [0.05, 0.1) is 17.0 Å². The summed E-state index contributed by atoms with van der Waals surface area (Å²) in [7, 11) is -4.39. The molecule has 0 radical (unpaired) electrons. The van der Waals surface area contributed by atoms with Gasteiger partial charge in [-0.25, -0.2) is 22.4 Å². The molecular weight excluding hydrogens is 377 g/mol. The highest BCUT2D eigenvalue weighted by atomic mass is 32.2. The third-order valence-corrected chi connectivity index (χ3v) is 7.04. The molecule has 1 fully saturated rings. The van der Waals surface area contributed by atoms with Gasteiger partial charge < -0.3 is 9.31 Å². The first-order valence-corrected chi connectivity index (χ1v) is 10.7. The van der Waals surface area contributed by atoms with E-state index in [1.807, 2.05) is 45.9 Å². The second-order valence-corrected chi connectivity index (χ2v) is 9.82. The van der Waals surface area contributed by atoms with Gasteiger partial charge in [0.15, 0.2) is 5.65 Å². The maximum absolute atomic E-state index is 13.1. The molecular formula is C19H22BN3O4S. The summed E-state index contributed by atoms with van der Waals surface area (Å²) >= 11 is 0. The largest absolute Gasteiger partial charge is 0.497 e. The quantitative estimate of drug-likeness (QED) is 0.625. The topological polar surface area (TPSA) is 83.3 Å². The molecule has 1 aliphatic heterocycles. The Morgan fingerprint density at radius 3 is 2.36 bits per heavy atom. The molecule has 2 aromatic heterocycles. The Hall–Kier alpha value is -2.23. The lowest BCUT2D eigenvalue weighted by Crippen LogP contribution is -2.41. The lowest BCUT2D eigenvalue weighted by molar-refractivity contribution is 0.00578. The van der Waals surface area contributed by atoms with E-state index in [2.05, 4.69) is 9.97 Å². The van der Waals surface area contributed by atoms with Gasteiger partial charge in [-0.05, 0) is 33.3 Å². The summed E-state index contributed by atoms with van der Waals surface area (Å²) in [6.07, 6.45) is 4.47. The molecule has 28 heavy (non-hydrogen) atoms. The SMILES string of the molecule is CC1(C)OB(c2cn(S(=O)(=O)Cc3ccccc3)c3ncncc23)OC1(C)C. The molecule has 0 bridgehead atoms. The smallest absolute Gasteiger partial charge is 0.399 e. The van der Waals surface area contributed by atoms with Crippen molar-refractivity contribution in [3.8, 4) is 0 Å². The predicted octanol–water partition coefficient (Wildman–Crippen LogP) is 2.11. The van der Waals surface area contributed by atoms with Gasteiger partial charge in [-0.15, -0.1) is 0 Å². The fourth-order valence-corrected chi connectivity index (χ4v) is 4.62. The number of aromatic nitrogens is 3. The Balaban J connectivity index is 1.80. The van der Waals surface area contributed by atoms with Crippen LogP contribution in [0.2, 0.25) is 0 Å². The van der Waals surface area contributed by atoms with Gasteiger partial charge in [0.25, 0.3) is 0 Å². The molecule has 9 heteroatoms. The van der Waals surface area contributed by atoms with Crippen molar-refractivity contribution in [1.82, 2.24) is 13.9 Å². The minimum atomic E-state index is -3.69. The summed E-state index contributed by atoms with van der Waals surface area (Å²) in [6.45, 7) is 7.81. The average Bonchev–Trinajstić information content (AvgIpc) is 3.11. The zero-order valence-corrected chi connectivity index (χ0v) is 17.1. The van der Waals surface area contributed by atoms with Crippen LogP contribution in [0.25, 0.3) is 11.0 Å². The van der Waals surface area contributed by atoms with Crippen LogP contribution in [-0.4, -0.2) is 40.7 Å². The fourth-order valence-electron chi connectivity index (χ4n) is 3.18. The first kappa shape index (κ1) is 19.1. The van der Waals surface area contributed by atoms with Gasteiger partial charge in [-0.2, -0.15) is 0 Å². The zero-order valence-electron chi connectivity index (χ0n) is 16.3. The lowest BCUT2D eigenvalue weighted by atomic mass is 9.79. The van der Waals surface area contributed by atoms with Crippen molar-refractivity contribution in [2.45, 2.75) is 44.6 Å². The summed E-state index contributed by atoms with van der Waals surface area (Å²) < 4.78 is 39.7. The monoisotopic (exact) mass is 399 g/mol. The Morgan fingerprint density at radius 1 is 1.07 bits per heavy atom. The van der Waals surface area contributed by atoms with E-state index in [1.54, 1.807) is 24.5 Å². The van der Waals surface area contributed by atoms with E-state index in [1.165, 1.54) is 10.3 Å². The van der Waals surface area contributed by atoms with Crippen molar-refractivity contribution >= 4 is 33.6 Å². The molecule has 3 aromatic rings. The highest BCUT2D eigenvalue weighted by Gasteiger charge is 2.52. The minimum Gasteiger partial charge on any atom is -0.399 e. The molecule has 0 spiro atoms. The van der Waals surface area contributed by atoms with Crippen LogP contribution < -0.4 is 5.46 Å². The minimum absolute atomic E-state index is 0.134. The van der Waals surface area contributed by atoms with Crippen LogP contribution in [-0.2, 0) is 25.1 Å². The summed E-state index contributed by atoms with van der Waals surface area (Å²) in [5.74, 6) is -0.134. The Morgan fingerprint density at radius 2 is 1.71 bits per heavy atom. The molecule has 0 amide bonds. The summed E-state index contributed by atoms with van der Waals surface area (Å²) in [5.41, 5.74) is 0.548. The molecule has 0 aliphatic carbocycles. The third-order valence-electron chi connectivity index (χ3n) is 5.47. The first-order valence-electron chi connectivity index (χ1n) is 9.04. The van der Waals surface area contributed by atoms with Crippen LogP contribution in [0.15, 0.2) is 49.1 Å². The second kappa shape index (κ2) is 6.40. The van der Waals surface area contributed by atoms with Crippen molar-refractivity contribution in [3.05, 3.63) is 54.6 Å². The van der Waals surface area contributed by atoms with Crippen LogP contribution in [0.3, 0.4) is 0 Å². The zero-order chi connectivity index (χ0) is 20.2. The van der Waals surface area contributed by atoms with Crippen molar-refractivity contribution in [2.24, 2.45) is 0 Å². The van der Waals surface area contributed by atoms with E-state index < -0.39 is 28.3 Å². The van der Waals surface area contributed by atoms with Gasteiger partial charge in [-0.1, -0.05) is 30.3 Å². The molecule has 0 unspecified atom stereocenters. The number of hydrogen-bond acceptors (Lipinski definition) is 6. The number of benzene rings is 1. The Labute approximate surface area is 164 Å². The number of nitrogens with zero attached hydrogens (tertiary/aromatic N) is 3. The molecule has 0 atom stereocenters. The number of fused-ring (bicyclic) bond motifs is 1. The van der Waals surface area contributed by atoms with Crippen molar-refractivity contribution < 1.29 is 17.7 Å². The highest BCUT2D eigenvalue weighted by molar-refractivity contribution is 7.89. The van der Waals surface area contributed by atoms with Gasteiger partial charge in [-0.3, -0.25) is 0 Å². The molecule has 1 aliphatic rings. The second-order valence-electron chi connectivity index (χ2n) is 7.97. The summed E-state index contributed by atoms with van der Waals surface area (Å²) in [6, 6.07) is 9.05. The first-order chi connectivity index (χ1) is 13.1. The van der Waals surface area contributed by atoms with Crippen molar-refractivity contribution in [2.75, 3.05) is 0 Å². The maximum Gasteiger partial charge on any atom is 0.497 e. The molecule has 3 heterocycles. The van der Waals surface area contributed by atoms with E-state index in [-0.39, 0.29) is 5.75 Å². The van der Waals surface area contributed by atoms with E-state index in [4.69, 9.17) is 9.31 Å². The summed E-state index contributed by atoms with van der Waals surface area (Å²) in [4.78, 5) is 8.28. The standard InChI is InChI=1S/C19H22BN3O4S/c1-18(2)19(3,4)27-20(26-18)16-11-23(17-15(16)10-21-13-22-17)28(24,25)12-14-8-6-5-7-9-14/h5-11,13H,12H2,1-4H3. The van der Waals surface area contributed by atoms with Crippen molar-refractivity contribution in [1.29, 1.82) is 0 Å². The molecule has 0 saturated carbocycles. The van der Waals surface area contributed by atoms with E-state index in [0.29, 0.717) is 22.1 Å². The molecule has 146 valence electrons. The van der Waals surface area contributed by atoms with Gasteiger partial charge in [0.2, 0.25) is 10.0 Å². The normalized spacial score (nSPS) is 18.6. The molecule has 1 saturated heterocycles. The average molecular weight is 399 g/mol. The fraction of sp³-hybridized carbons (Fsp3) is 0.368. The van der Waals surface area contributed by atoms with Gasteiger partial charge in [0, 0.05) is 23.2 Å². The third kappa shape index (κ3) is 3.13. The van der Waals surface area contributed by atoms with E-state index >= 15 is 0 Å². The van der Waals surface area contributed by atoms with Crippen LogP contribution in [0.5, 0.6) is 0 Å². The molecule has 7 nitrogen and oxygen atoms in total. The molecule has 4 rings (SSSR count). The predicted molar refractivity (Wildman–Crippen MR) is 108 cm³/mol. The Kier molecular flexibility index (Phi) is 4.37. The van der Waals surface area contributed by atoms with Crippen LogP contribution in [0, 0.1) is 0 Å². The van der Waals surface area contributed by atoms with Crippen LogP contribution in [0.1, 0.15) is 33.3 Å². The van der Waals surface area contributed by atoms with Gasteiger partial charge >= 0.3 is 7.12 Å². The van der Waals surface area contributed by atoms with Crippen molar-refractivity contribution in [3.63, 3.8) is 0 Å².